The molecule has 9 heteroatoms. The number of aryl methyl sites for hydroxylation is 1. The Labute approximate surface area is 163 Å². The highest BCUT2D eigenvalue weighted by Crippen LogP contribution is 2.24. The van der Waals surface area contributed by atoms with E-state index in [2.05, 4.69) is 10.3 Å². The molecule has 1 aromatic carbocycles. The number of rotatable bonds is 5. The Bertz CT molecular complexity index is 1150. The highest BCUT2D eigenvalue weighted by Gasteiger charge is 2.31. The second-order valence-electron chi connectivity index (χ2n) is 6.23. The highest BCUT2D eigenvalue weighted by molar-refractivity contribution is 7.09. The van der Waals surface area contributed by atoms with E-state index in [1.165, 1.54) is 9.44 Å². The van der Waals surface area contributed by atoms with Gasteiger partial charge in [-0.25, -0.2) is 4.98 Å². The fourth-order valence-corrected chi connectivity index (χ4v) is 3.83. The highest BCUT2D eigenvalue weighted by atomic mass is 32.1. The summed E-state index contributed by atoms with van der Waals surface area (Å²) in [5, 5.41) is 2.14. The average molecular weight is 396 g/mol. The van der Waals surface area contributed by atoms with Crippen LogP contribution < -0.4 is 21.3 Å². The largest absolute Gasteiger partial charge is 0.493 e. The van der Waals surface area contributed by atoms with Crippen LogP contribution in [-0.4, -0.2) is 28.0 Å². The fourth-order valence-electron chi connectivity index (χ4n) is 3.06. The molecule has 0 saturated carbocycles. The Morgan fingerprint density at radius 1 is 1.18 bits per heavy atom. The van der Waals surface area contributed by atoms with Crippen LogP contribution in [0, 0.1) is 6.92 Å². The number of nitrogens with two attached hydrogens (primary N) is 1. The third-order valence-corrected chi connectivity index (χ3v) is 5.49. The number of hydrogen-bond donors (Lipinski definition) is 2. The van der Waals surface area contributed by atoms with E-state index < -0.39 is 17.4 Å². The topological polar surface area (TPSA) is 116 Å². The number of anilines is 1. The minimum absolute atomic E-state index is 0.00191. The number of pyridine rings is 1. The minimum Gasteiger partial charge on any atom is -0.493 e. The summed E-state index contributed by atoms with van der Waals surface area (Å²) in [7, 11) is 0. The van der Waals surface area contributed by atoms with E-state index in [1.807, 2.05) is 12.4 Å². The summed E-state index contributed by atoms with van der Waals surface area (Å²) >= 11 is 1.60. The van der Waals surface area contributed by atoms with E-state index in [0.717, 1.165) is 18.2 Å². The molecule has 4 rings (SSSR count). The summed E-state index contributed by atoms with van der Waals surface area (Å²) in [6, 6.07) is 7.91. The maximum atomic E-state index is 12.4. The summed E-state index contributed by atoms with van der Waals surface area (Å²) in [5.41, 5.74) is 8.85. The molecule has 3 N–H and O–H groups in total. The number of thiazole rings is 1. The van der Waals surface area contributed by atoms with E-state index in [-0.39, 0.29) is 16.9 Å². The number of amides is 2. The molecule has 2 aromatic heterocycles. The molecule has 28 heavy (non-hydrogen) atoms. The lowest BCUT2D eigenvalue weighted by Crippen LogP contribution is -2.24. The normalized spacial score (nSPS) is 12.8. The number of carbonyl (C=O) groups excluding carboxylic acids is 2. The number of nitrogens with zero attached hydrogens (tertiary/aromatic N) is 2. The number of nitrogen functional groups attached to an aromatic ring is 1. The molecule has 0 spiro atoms. The third kappa shape index (κ3) is 3.05. The second-order valence-corrected chi connectivity index (χ2v) is 7.17. The summed E-state index contributed by atoms with van der Waals surface area (Å²) in [4.78, 5) is 41.5. The van der Waals surface area contributed by atoms with Crippen molar-refractivity contribution in [3.8, 4) is 11.4 Å². The van der Waals surface area contributed by atoms with Gasteiger partial charge < -0.3 is 10.5 Å². The van der Waals surface area contributed by atoms with Crippen LogP contribution in [-0.2, 0) is 6.42 Å². The van der Waals surface area contributed by atoms with Crippen molar-refractivity contribution in [2.24, 2.45) is 0 Å². The molecule has 0 fully saturated rings. The van der Waals surface area contributed by atoms with Gasteiger partial charge in [-0.1, -0.05) is 0 Å². The molecule has 0 atom stereocenters. The molecule has 8 nitrogen and oxygen atoms in total. The van der Waals surface area contributed by atoms with Crippen LogP contribution in [0.1, 0.15) is 31.3 Å². The standard InChI is InChI=1S/C19H16N4O4S/c1-10-14(28-9-21-10)6-7-27-12-4-2-11(3-5-12)23-15(24)8-13-16(17(23)20)19(26)22-18(13)25/h2-5,8-9H,6-7,20H2,1H3,(H,22,25,26). The van der Waals surface area contributed by atoms with Gasteiger partial charge in [-0.15, -0.1) is 11.3 Å². The number of carbonyl (C=O) groups is 2. The molecule has 2 amide bonds. The number of aromatic nitrogens is 2. The smallest absolute Gasteiger partial charge is 0.262 e. The molecule has 0 saturated heterocycles. The van der Waals surface area contributed by atoms with E-state index in [0.29, 0.717) is 18.0 Å². The molecule has 0 radical (unpaired) electrons. The third-order valence-electron chi connectivity index (χ3n) is 4.49. The molecular weight excluding hydrogens is 380 g/mol. The quantitative estimate of drug-likeness (QED) is 0.634. The Hall–Kier alpha value is -3.46. The van der Waals surface area contributed by atoms with Gasteiger partial charge in [0.2, 0.25) is 0 Å². The SMILES string of the molecule is Cc1ncsc1CCOc1ccc(-n2c(N)c3c(cc2=O)C(=O)NC3=O)cc1. The van der Waals surface area contributed by atoms with E-state index in [9.17, 15) is 14.4 Å². The first kappa shape index (κ1) is 17.9. The van der Waals surface area contributed by atoms with Crippen LogP contribution in [0.25, 0.3) is 5.69 Å². The van der Waals surface area contributed by atoms with Gasteiger partial charge in [0, 0.05) is 17.4 Å². The van der Waals surface area contributed by atoms with Crippen LogP contribution in [0.3, 0.4) is 0 Å². The lowest BCUT2D eigenvalue weighted by atomic mass is 10.1. The molecule has 0 unspecified atom stereocenters. The molecule has 3 heterocycles. The molecule has 0 aliphatic carbocycles. The molecule has 1 aliphatic rings. The number of benzene rings is 1. The van der Waals surface area contributed by atoms with Crippen LogP contribution >= 0.6 is 11.3 Å². The van der Waals surface area contributed by atoms with Crippen LogP contribution in [0.15, 0.2) is 40.6 Å². The molecule has 1 aliphatic heterocycles. The van der Waals surface area contributed by atoms with Gasteiger partial charge in [0.15, 0.2) is 0 Å². The number of imide groups is 1. The van der Waals surface area contributed by atoms with Crippen molar-refractivity contribution in [2.45, 2.75) is 13.3 Å². The van der Waals surface area contributed by atoms with Gasteiger partial charge >= 0.3 is 0 Å². The Morgan fingerprint density at radius 3 is 2.61 bits per heavy atom. The zero-order valence-electron chi connectivity index (χ0n) is 14.9. The van der Waals surface area contributed by atoms with Crippen molar-refractivity contribution in [3.05, 3.63) is 67.9 Å². The van der Waals surface area contributed by atoms with E-state index in [1.54, 1.807) is 35.6 Å². The predicted octanol–water partition coefficient (Wildman–Crippen LogP) is 1.69. The van der Waals surface area contributed by atoms with E-state index >= 15 is 0 Å². The number of nitrogens with one attached hydrogen (secondary N) is 1. The average Bonchev–Trinajstić information content (AvgIpc) is 3.19. The Morgan fingerprint density at radius 2 is 1.93 bits per heavy atom. The van der Waals surface area contributed by atoms with Crippen molar-refractivity contribution in [2.75, 3.05) is 12.3 Å². The van der Waals surface area contributed by atoms with Gasteiger partial charge in [-0.3, -0.25) is 24.3 Å². The van der Waals surface area contributed by atoms with Crippen molar-refractivity contribution in [1.29, 1.82) is 0 Å². The van der Waals surface area contributed by atoms with E-state index in [4.69, 9.17) is 10.5 Å². The lowest BCUT2D eigenvalue weighted by Gasteiger charge is -2.12. The first-order chi connectivity index (χ1) is 13.5. The van der Waals surface area contributed by atoms with Gasteiger partial charge in [-0.05, 0) is 31.2 Å². The van der Waals surface area contributed by atoms with Gasteiger partial charge in [0.1, 0.15) is 11.6 Å². The Kier molecular flexibility index (Phi) is 4.44. The van der Waals surface area contributed by atoms with Crippen LogP contribution in [0.2, 0.25) is 0 Å². The zero-order valence-corrected chi connectivity index (χ0v) is 15.7. The molecule has 0 bridgehead atoms. The number of fused-ring (bicyclic) bond motifs is 1. The number of ether oxygens (including phenoxy) is 1. The molecule has 3 aromatic rings. The summed E-state index contributed by atoms with van der Waals surface area (Å²) in [6.45, 7) is 2.47. The van der Waals surface area contributed by atoms with Crippen LogP contribution in [0.5, 0.6) is 5.75 Å². The van der Waals surface area contributed by atoms with Crippen LogP contribution in [0.4, 0.5) is 5.82 Å². The zero-order chi connectivity index (χ0) is 19.8. The summed E-state index contributed by atoms with van der Waals surface area (Å²) < 4.78 is 6.94. The first-order valence-corrected chi connectivity index (χ1v) is 9.37. The van der Waals surface area contributed by atoms with Crippen molar-refractivity contribution in [3.63, 3.8) is 0 Å². The summed E-state index contributed by atoms with van der Waals surface area (Å²) in [6.07, 6.45) is 0.763. The van der Waals surface area contributed by atoms with Crippen molar-refractivity contribution < 1.29 is 14.3 Å². The van der Waals surface area contributed by atoms with Gasteiger partial charge in [0.05, 0.1) is 34.6 Å². The predicted molar refractivity (Wildman–Crippen MR) is 104 cm³/mol. The Balaban J connectivity index is 1.55. The second kappa shape index (κ2) is 6.93. The molecule has 142 valence electrons. The molecular formula is C19H16N4O4S. The lowest BCUT2D eigenvalue weighted by molar-refractivity contribution is 0.0880. The van der Waals surface area contributed by atoms with Gasteiger partial charge in [-0.2, -0.15) is 0 Å². The van der Waals surface area contributed by atoms with Gasteiger partial charge in [0.25, 0.3) is 17.4 Å². The maximum absolute atomic E-state index is 12.4. The monoisotopic (exact) mass is 396 g/mol. The first-order valence-electron chi connectivity index (χ1n) is 8.49. The summed E-state index contributed by atoms with van der Waals surface area (Å²) in [5.74, 6) is -0.646. The maximum Gasteiger partial charge on any atom is 0.262 e. The minimum atomic E-state index is -0.615. The number of hydrogen-bond acceptors (Lipinski definition) is 7. The van der Waals surface area contributed by atoms with Crippen molar-refractivity contribution in [1.82, 2.24) is 14.9 Å². The fraction of sp³-hybridized carbons (Fsp3) is 0.158. The van der Waals surface area contributed by atoms with Crippen molar-refractivity contribution >= 4 is 29.0 Å².